The summed E-state index contributed by atoms with van der Waals surface area (Å²) in [5.41, 5.74) is 1.33. The van der Waals surface area contributed by atoms with Crippen molar-refractivity contribution in [3.63, 3.8) is 0 Å². The van der Waals surface area contributed by atoms with E-state index in [1.54, 1.807) is 4.90 Å². The third kappa shape index (κ3) is 4.21. The number of nitrogens with one attached hydrogen (secondary N) is 1. The van der Waals surface area contributed by atoms with E-state index >= 15 is 0 Å². The molecule has 1 aromatic carbocycles. The molecule has 5 heteroatoms. The van der Waals surface area contributed by atoms with Gasteiger partial charge in [0.25, 0.3) is 0 Å². The zero-order chi connectivity index (χ0) is 13.7. The van der Waals surface area contributed by atoms with Crippen LogP contribution in [-0.4, -0.2) is 43.8 Å². The molecule has 1 saturated heterocycles. The van der Waals surface area contributed by atoms with Crippen molar-refractivity contribution in [2.45, 2.75) is 13.5 Å². The molecule has 1 heterocycles. The number of ether oxygens (including phenoxy) is 1. The van der Waals surface area contributed by atoms with Gasteiger partial charge in [-0.2, -0.15) is 0 Å². The van der Waals surface area contributed by atoms with Gasteiger partial charge in [-0.15, -0.1) is 0 Å². The van der Waals surface area contributed by atoms with Crippen molar-refractivity contribution in [2.24, 2.45) is 0 Å². The molecule has 0 aliphatic carbocycles. The molecule has 1 aliphatic rings. The summed E-state index contributed by atoms with van der Waals surface area (Å²) in [5.74, 6) is 0. The van der Waals surface area contributed by atoms with Gasteiger partial charge in [0.05, 0.1) is 32.8 Å². The molecular weight excluding hydrogens is 308 g/mol. The highest BCUT2D eigenvalue weighted by Gasteiger charge is 2.24. The predicted molar refractivity (Wildman–Crippen MR) is 77.1 cm³/mol. The van der Waals surface area contributed by atoms with Crippen LogP contribution >= 0.6 is 15.9 Å². The van der Waals surface area contributed by atoms with Gasteiger partial charge in [0.15, 0.2) is 0 Å². The highest BCUT2D eigenvalue weighted by Crippen LogP contribution is 2.10. The fourth-order valence-corrected chi connectivity index (χ4v) is 2.78. The van der Waals surface area contributed by atoms with E-state index in [-0.39, 0.29) is 6.09 Å². The highest BCUT2D eigenvalue weighted by atomic mass is 79.9. The minimum absolute atomic E-state index is 0.177. The molecule has 19 heavy (non-hydrogen) atoms. The lowest BCUT2D eigenvalue weighted by atomic mass is 10.2. The lowest BCUT2D eigenvalue weighted by Gasteiger charge is -2.31. The van der Waals surface area contributed by atoms with E-state index in [2.05, 4.69) is 34.1 Å². The average Bonchev–Trinajstić information content (AvgIpc) is 2.40. The smallest absolute Gasteiger partial charge is 0.410 e. The monoisotopic (exact) mass is 327 g/mol. The first-order valence-electron chi connectivity index (χ1n) is 6.68. The molecule has 2 rings (SSSR count). The molecule has 1 N–H and O–H groups in total. The molecule has 104 valence electrons. The molecule has 1 fully saturated rings. The maximum absolute atomic E-state index is 11.6. The zero-order valence-electron chi connectivity index (χ0n) is 11.2. The summed E-state index contributed by atoms with van der Waals surface area (Å²) in [6.07, 6.45) is -0.177. The Balaban J connectivity index is 1.82. The van der Waals surface area contributed by atoms with E-state index in [0.717, 1.165) is 37.2 Å². The predicted octanol–water partition coefficient (Wildman–Crippen LogP) is 1.31. The molecule has 0 aromatic heterocycles. The third-order valence-corrected chi connectivity index (χ3v) is 3.83. The number of piperazine rings is 1. The number of carbonyl (C=O) groups is 1. The van der Waals surface area contributed by atoms with Crippen LogP contribution < -0.4 is 4.90 Å². The number of benzene rings is 1. The van der Waals surface area contributed by atoms with Gasteiger partial charge < -0.3 is 9.64 Å². The van der Waals surface area contributed by atoms with E-state index in [1.807, 2.05) is 13.0 Å². The van der Waals surface area contributed by atoms with Gasteiger partial charge >= 0.3 is 6.09 Å². The highest BCUT2D eigenvalue weighted by molar-refractivity contribution is 9.10. The summed E-state index contributed by atoms with van der Waals surface area (Å²) >= 11 is 3.49. The Kier molecular flexibility index (Phi) is 5.22. The van der Waals surface area contributed by atoms with Crippen molar-refractivity contribution in [3.05, 3.63) is 34.3 Å². The SMILES string of the molecule is CCOC(=O)N1CC[NH+](Cc2cccc(Br)c2)CC1. The molecule has 0 atom stereocenters. The van der Waals surface area contributed by atoms with Gasteiger partial charge in [-0.05, 0) is 19.1 Å². The van der Waals surface area contributed by atoms with E-state index in [9.17, 15) is 4.79 Å². The van der Waals surface area contributed by atoms with Crippen molar-refractivity contribution in [1.82, 2.24) is 4.90 Å². The van der Waals surface area contributed by atoms with Gasteiger partial charge in [0, 0.05) is 10.0 Å². The van der Waals surface area contributed by atoms with E-state index in [0.29, 0.717) is 6.61 Å². The molecule has 0 spiro atoms. The molecule has 1 amide bonds. The van der Waals surface area contributed by atoms with Crippen LogP contribution in [0.2, 0.25) is 0 Å². The number of quaternary nitrogens is 1. The average molecular weight is 328 g/mol. The zero-order valence-corrected chi connectivity index (χ0v) is 12.8. The third-order valence-electron chi connectivity index (χ3n) is 3.34. The Labute approximate surface area is 122 Å². The molecular formula is C14H20BrN2O2+. The van der Waals surface area contributed by atoms with Gasteiger partial charge in [0.2, 0.25) is 0 Å². The van der Waals surface area contributed by atoms with Gasteiger partial charge in [0.1, 0.15) is 6.54 Å². The Morgan fingerprint density at radius 2 is 2.16 bits per heavy atom. The van der Waals surface area contributed by atoms with Crippen LogP contribution in [0.25, 0.3) is 0 Å². The van der Waals surface area contributed by atoms with Crippen molar-refractivity contribution in [2.75, 3.05) is 32.8 Å². The Morgan fingerprint density at radius 1 is 1.42 bits per heavy atom. The minimum Gasteiger partial charge on any atom is -0.450 e. The number of hydrogen-bond acceptors (Lipinski definition) is 2. The minimum atomic E-state index is -0.177. The molecule has 4 nitrogen and oxygen atoms in total. The number of amides is 1. The quantitative estimate of drug-likeness (QED) is 0.908. The topological polar surface area (TPSA) is 34.0 Å². The van der Waals surface area contributed by atoms with E-state index in [4.69, 9.17) is 4.74 Å². The Morgan fingerprint density at radius 3 is 2.79 bits per heavy atom. The van der Waals surface area contributed by atoms with Crippen LogP contribution in [0.15, 0.2) is 28.7 Å². The first kappa shape index (κ1) is 14.3. The molecule has 0 saturated carbocycles. The van der Waals surface area contributed by atoms with Crippen LogP contribution in [0, 0.1) is 0 Å². The van der Waals surface area contributed by atoms with Crippen LogP contribution in [0.5, 0.6) is 0 Å². The second-order valence-electron chi connectivity index (χ2n) is 4.74. The fourth-order valence-electron chi connectivity index (χ4n) is 2.33. The normalized spacial score (nSPS) is 16.4. The number of rotatable bonds is 3. The van der Waals surface area contributed by atoms with Gasteiger partial charge in [-0.25, -0.2) is 4.79 Å². The molecule has 1 aromatic rings. The maximum Gasteiger partial charge on any atom is 0.410 e. The largest absolute Gasteiger partial charge is 0.450 e. The summed E-state index contributed by atoms with van der Waals surface area (Å²) in [4.78, 5) is 14.9. The second kappa shape index (κ2) is 6.91. The number of halogens is 1. The maximum atomic E-state index is 11.6. The van der Waals surface area contributed by atoms with Crippen LogP contribution in [0.3, 0.4) is 0 Å². The van der Waals surface area contributed by atoms with Crippen LogP contribution in [0.4, 0.5) is 4.79 Å². The lowest BCUT2D eigenvalue weighted by molar-refractivity contribution is -0.917. The van der Waals surface area contributed by atoms with E-state index in [1.165, 1.54) is 10.5 Å². The van der Waals surface area contributed by atoms with Crippen molar-refractivity contribution in [1.29, 1.82) is 0 Å². The molecule has 1 aliphatic heterocycles. The summed E-state index contributed by atoms with van der Waals surface area (Å²) in [5, 5.41) is 0. The number of nitrogens with zero attached hydrogens (tertiary/aromatic N) is 1. The van der Waals surface area contributed by atoms with E-state index < -0.39 is 0 Å². The van der Waals surface area contributed by atoms with Crippen molar-refractivity contribution in [3.8, 4) is 0 Å². The fraction of sp³-hybridized carbons (Fsp3) is 0.500. The second-order valence-corrected chi connectivity index (χ2v) is 5.66. The first-order valence-corrected chi connectivity index (χ1v) is 7.48. The van der Waals surface area contributed by atoms with Crippen LogP contribution in [-0.2, 0) is 11.3 Å². The summed E-state index contributed by atoms with van der Waals surface area (Å²) in [7, 11) is 0. The summed E-state index contributed by atoms with van der Waals surface area (Å²) < 4.78 is 6.14. The van der Waals surface area contributed by atoms with Crippen LogP contribution in [0.1, 0.15) is 12.5 Å². The number of hydrogen-bond donors (Lipinski definition) is 1. The van der Waals surface area contributed by atoms with Gasteiger partial charge in [-0.1, -0.05) is 28.1 Å². The Hall–Kier alpha value is -1.07. The standard InChI is InChI=1S/C14H19BrN2O2/c1-2-19-14(18)17-8-6-16(7-9-17)11-12-4-3-5-13(15)10-12/h3-5,10H,2,6-9,11H2,1H3/p+1. The molecule has 0 unspecified atom stereocenters. The summed E-state index contributed by atoms with van der Waals surface area (Å²) in [6.45, 7) is 6.81. The first-order chi connectivity index (χ1) is 9.19. The number of carbonyl (C=O) groups excluding carboxylic acids is 1. The Bertz CT molecular complexity index is 431. The molecule has 0 bridgehead atoms. The lowest BCUT2D eigenvalue weighted by Crippen LogP contribution is -3.13. The van der Waals surface area contributed by atoms with Crippen molar-refractivity contribution >= 4 is 22.0 Å². The van der Waals surface area contributed by atoms with Gasteiger partial charge in [-0.3, -0.25) is 4.90 Å². The van der Waals surface area contributed by atoms with Crippen molar-refractivity contribution < 1.29 is 14.4 Å². The summed E-state index contributed by atoms with van der Waals surface area (Å²) in [6, 6.07) is 8.41. The molecule has 0 radical (unpaired) electrons.